The Hall–Kier alpha value is -3.51. The number of pyridine rings is 1. The van der Waals surface area contributed by atoms with Crippen LogP contribution in [0.25, 0.3) is 11.1 Å². The summed E-state index contributed by atoms with van der Waals surface area (Å²) in [5.74, 6) is 0.0387. The van der Waals surface area contributed by atoms with Gasteiger partial charge in [-0.15, -0.1) is 0 Å². The molecule has 3 aromatic rings. The maximum atomic E-state index is 13.2. The van der Waals surface area contributed by atoms with Gasteiger partial charge in [-0.1, -0.05) is 60.7 Å². The first-order valence-corrected chi connectivity index (χ1v) is 11.0. The van der Waals surface area contributed by atoms with Crippen molar-refractivity contribution in [2.75, 3.05) is 26.2 Å². The summed E-state index contributed by atoms with van der Waals surface area (Å²) in [5, 5.41) is 0. The number of fused-ring (bicyclic) bond motifs is 1. The maximum absolute atomic E-state index is 13.2. The standard InChI is InChI=1S/C26H26N4O2/c31-25-19-29(17-23-8-4-5-13-27-23)26(32)24-18-28(14-15-30(24)25)16-20-9-11-22(12-10-20)21-6-2-1-3-7-21/h1-13,24H,14-19H2. The minimum atomic E-state index is -0.419. The second-order valence-electron chi connectivity index (χ2n) is 8.42. The van der Waals surface area contributed by atoms with E-state index in [9.17, 15) is 9.59 Å². The predicted molar refractivity (Wildman–Crippen MR) is 122 cm³/mol. The van der Waals surface area contributed by atoms with Gasteiger partial charge in [-0.05, 0) is 28.8 Å². The number of amides is 2. The van der Waals surface area contributed by atoms with Crippen LogP contribution in [0.4, 0.5) is 0 Å². The van der Waals surface area contributed by atoms with Gasteiger partial charge in [-0.3, -0.25) is 19.5 Å². The zero-order chi connectivity index (χ0) is 21.9. The molecule has 0 saturated carbocycles. The highest BCUT2D eigenvalue weighted by Crippen LogP contribution is 2.23. The summed E-state index contributed by atoms with van der Waals surface area (Å²) in [6.45, 7) is 3.19. The number of hydrogen-bond acceptors (Lipinski definition) is 4. The van der Waals surface area contributed by atoms with Crippen LogP contribution in [-0.2, 0) is 22.7 Å². The van der Waals surface area contributed by atoms with Crippen molar-refractivity contribution < 1.29 is 9.59 Å². The third-order valence-electron chi connectivity index (χ3n) is 6.25. The molecule has 2 fully saturated rings. The number of nitrogens with zero attached hydrogens (tertiary/aromatic N) is 4. The average Bonchev–Trinajstić information content (AvgIpc) is 2.84. The highest BCUT2D eigenvalue weighted by atomic mass is 16.2. The Morgan fingerprint density at radius 2 is 1.56 bits per heavy atom. The molecule has 1 atom stereocenters. The van der Waals surface area contributed by atoms with E-state index in [2.05, 4.69) is 46.3 Å². The van der Waals surface area contributed by atoms with Crippen LogP contribution in [0.5, 0.6) is 0 Å². The second kappa shape index (κ2) is 8.93. The van der Waals surface area contributed by atoms with Crippen LogP contribution in [-0.4, -0.2) is 63.7 Å². The molecule has 1 unspecified atom stereocenters. The molecule has 2 saturated heterocycles. The predicted octanol–water partition coefficient (Wildman–Crippen LogP) is 2.80. The third kappa shape index (κ3) is 4.27. The van der Waals surface area contributed by atoms with E-state index >= 15 is 0 Å². The first-order valence-electron chi connectivity index (χ1n) is 11.0. The van der Waals surface area contributed by atoms with Gasteiger partial charge in [0.2, 0.25) is 11.8 Å². The van der Waals surface area contributed by atoms with E-state index in [1.807, 2.05) is 36.4 Å². The summed E-state index contributed by atoms with van der Waals surface area (Å²) in [6.07, 6.45) is 1.71. The van der Waals surface area contributed by atoms with Crippen molar-refractivity contribution in [3.05, 3.63) is 90.3 Å². The Balaban J connectivity index is 1.25. The van der Waals surface area contributed by atoms with Gasteiger partial charge >= 0.3 is 0 Å². The van der Waals surface area contributed by atoms with Crippen molar-refractivity contribution in [3.8, 4) is 11.1 Å². The molecule has 32 heavy (non-hydrogen) atoms. The van der Waals surface area contributed by atoms with Gasteiger partial charge in [-0.25, -0.2) is 0 Å². The highest BCUT2D eigenvalue weighted by Gasteiger charge is 2.42. The van der Waals surface area contributed by atoms with Crippen LogP contribution in [0.2, 0.25) is 0 Å². The molecular formula is C26H26N4O2. The maximum Gasteiger partial charge on any atom is 0.247 e. The normalized spacial score (nSPS) is 19.2. The molecule has 2 aliphatic heterocycles. The molecule has 2 aliphatic rings. The van der Waals surface area contributed by atoms with Crippen molar-refractivity contribution in [2.45, 2.75) is 19.1 Å². The fourth-order valence-electron chi connectivity index (χ4n) is 4.55. The summed E-state index contributed by atoms with van der Waals surface area (Å²) in [5.41, 5.74) is 4.40. The molecule has 0 N–H and O–H groups in total. The van der Waals surface area contributed by atoms with E-state index in [4.69, 9.17) is 0 Å². The average molecular weight is 427 g/mol. The number of piperazine rings is 2. The van der Waals surface area contributed by atoms with Crippen LogP contribution in [0.15, 0.2) is 79.0 Å². The monoisotopic (exact) mass is 426 g/mol. The number of aromatic nitrogens is 1. The smallest absolute Gasteiger partial charge is 0.247 e. The lowest BCUT2D eigenvalue weighted by atomic mass is 10.0. The van der Waals surface area contributed by atoms with Gasteiger partial charge in [0.15, 0.2) is 0 Å². The summed E-state index contributed by atoms with van der Waals surface area (Å²) in [6, 6.07) is 24.1. The van der Waals surface area contributed by atoms with E-state index in [-0.39, 0.29) is 18.4 Å². The number of benzene rings is 2. The molecule has 5 rings (SSSR count). The molecule has 2 aromatic carbocycles. The number of carbonyl (C=O) groups is 2. The molecule has 1 aromatic heterocycles. The zero-order valence-corrected chi connectivity index (χ0v) is 17.9. The van der Waals surface area contributed by atoms with Gasteiger partial charge in [0.25, 0.3) is 0 Å². The van der Waals surface area contributed by atoms with Gasteiger partial charge < -0.3 is 9.80 Å². The Labute approximate surface area is 188 Å². The second-order valence-corrected chi connectivity index (χ2v) is 8.42. The summed E-state index contributed by atoms with van der Waals surface area (Å²) in [7, 11) is 0. The third-order valence-corrected chi connectivity index (χ3v) is 6.25. The lowest BCUT2D eigenvalue weighted by Crippen LogP contribution is -2.66. The minimum Gasteiger partial charge on any atom is -0.327 e. The van der Waals surface area contributed by atoms with Crippen LogP contribution < -0.4 is 0 Å². The number of hydrogen-bond donors (Lipinski definition) is 0. The molecule has 0 spiro atoms. The molecule has 162 valence electrons. The van der Waals surface area contributed by atoms with Crippen molar-refractivity contribution in [3.63, 3.8) is 0 Å². The largest absolute Gasteiger partial charge is 0.327 e. The summed E-state index contributed by atoms with van der Waals surface area (Å²) < 4.78 is 0. The molecule has 0 bridgehead atoms. The Bertz CT molecular complexity index is 1090. The fraction of sp³-hybridized carbons (Fsp3) is 0.269. The molecular weight excluding hydrogens is 400 g/mol. The van der Waals surface area contributed by atoms with Gasteiger partial charge in [0.05, 0.1) is 12.2 Å². The van der Waals surface area contributed by atoms with E-state index in [1.54, 1.807) is 16.0 Å². The highest BCUT2D eigenvalue weighted by molar-refractivity contribution is 5.95. The molecule has 6 heteroatoms. The number of carbonyl (C=O) groups excluding carboxylic acids is 2. The molecule has 6 nitrogen and oxygen atoms in total. The van der Waals surface area contributed by atoms with E-state index in [0.29, 0.717) is 19.6 Å². The molecule has 3 heterocycles. The summed E-state index contributed by atoms with van der Waals surface area (Å²) in [4.78, 5) is 35.9. The lowest BCUT2D eigenvalue weighted by Gasteiger charge is -2.46. The minimum absolute atomic E-state index is 0.0133. The molecule has 2 amide bonds. The lowest BCUT2D eigenvalue weighted by molar-refractivity contribution is -0.160. The van der Waals surface area contributed by atoms with E-state index in [0.717, 1.165) is 18.8 Å². The van der Waals surface area contributed by atoms with Gasteiger partial charge in [-0.2, -0.15) is 0 Å². The Morgan fingerprint density at radius 3 is 2.31 bits per heavy atom. The van der Waals surface area contributed by atoms with Crippen molar-refractivity contribution in [2.24, 2.45) is 0 Å². The van der Waals surface area contributed by atoms with Crippen LogP contribution in [0.3, 0.4) is 0 Å². The quantitative estimate of drug-likeness (QED) is 0.630. The van der Waals surface area contributed by atoms with Gasteiger partial charge in [0.1, 0.15) is 12.6 Å². The fourth-order valence-corrected chi connectivity index (χ4v) is 4.55. The first-order chi connectivity index (χ1) is 15.7. The van der Waals surface area contributed by atoms with Crippen molar-refractivity contribution >= 4 is 11.8 Å². The first kappa shape index (κ1) is 20.4. The van der Waals surface area contributed by atoms with Crippen molar-refractivity contribution in [1.29, 1.82) is 0 Å². The molecule has 0 radical (unpaired) electrons. The molecule has 0 aliphatic carbocycles. The zero-order valence-electron chi connectivity index (χ0n) is 17.9. The van der Waals surface area contributed by atoms with Crippen LogP contribution in [0, 0.1) is 0 Å². The number of rotatable bonds is 5. The Kier molecular flexibility index (Phi) is 5.69. The van der Waals surface area contributed by atoms with Crippen LogP contribution in [0.1, 0.15) is 11.3 Å². The van der Waals surface area contributed by atoms with E-state index < -0.39 is 6.04 Å². The topological polar surface area (TPSA) is 56.8 Å². The Morgan fingerprint density at radius 1 is 0.812 bits per heavy atom. The SMILES string of the molecule is O=C1C2CN(Cc3ccc(-c4ccccc4)cc3)CCN2C(=O)CN1Cc1ccccn1. The van der Waals surface area contributed by atoms with Crippen molar-refractivity contribution in [1.82, 2.24) is 19.7 Å². The van der Waals surface area contributed by atoms with Crippen LogP contribution >= 0.6 is 0 Å². The summed E-state index contributed by atoms with van der Waals surface area (Å²) >= 11 is 0. The van der Waals surface area contributed by atoms with Gasteiger partial charge in [0, 0.05) is 32.4 Å². The van der Waals surface area contributed by atoms with E-state index in [1.165, 1.54) is 16.7 Å².